The Morgan fingerprint density at radius 1 is 1.24 bits per heavy atom. The highest BCUT2D eigenvalue weighted by atomic mass is 16.5. The molecule has 0 N–H and O–H groups in total. The molecule has 3 atom stereocenters. The summed E-state index contributed by atoms with van der Waals surface area (Å²) in [5.41, 5.74) is -0.267. The third kappa shape index (κ3) is 1.97. The zero-order chi connectivity index (χ0) is 15.0. The van der Waals surface area contributed by atoms with Crippen molar-refractivity contribution >= 4 is 17.6 Å². The maximum absolute atomic E-state index is 13.0. The fourth-order valence-electron chi connectivity index (χ4n) is 3.67. The van der Waals surface area contributed by atoms with Gasteiger partial charge >= 0.3 is 5.97 Å². The van der Waals surface area contributed by atoms with Crippen LogP contribution in [0.1, 0.15) is 12.8 Å². The third-order valence-electron chi connectivity index (χ3n) is 4.77. The molecule has 2 aliphatic carbocycles. The Hall–Kier alpha value is -2.10. The lowest BCUT2D eigenvalue weighted by Crippen LogP contribution is -2.50. The smallest absolute Gasteiger partial charge is 0.322 e. The van der Waals surface area contributed by atoms with E-state index < -0.39 is 11.4 Å². The second kappa shape index (κ2) is 5.02. The van der Waals surface area contributed by atoms with Crippen molar-refractivity contribution in [2.45, 2.75) is 12.8 Å². The van der Waals surface area contributed by atoms with E-state index in [1.807, 2.05) is 36.4 Å². The lowest BCUT2D eigenvalue weighted by Gasteiger charge is -2.34. The van der Waals surface area contributed by atoms with E-state index >= 15 is 0 Å². The van der Waals surface area contributed by atoms with E-state index in [2.05, 4.69) is 6.08 Å². The van der Waals surface area contributed by atoms with Crippen LogP contribution in [0.25, 0.3) is 0 Å². The summed E-state index contributed by atoms with van der Waals surface area (Å²) in [4.78, 5) is 27.0. The molecule has 1 amide bonds. The molecular formula is C17H19NO3. The van der Waals surface area contributed by atoms with Crippen molar-refractivity contribution in [3.63, 3.8) is 0 Å². The molecule has 1 fully saturated rings. The Morgan fingerprint density at radius 3 is 2.48 bits per heavy atom. The Labute approximate surface area is 124 Å². The van der Waals surface area contributed by atoms with Crippen LogP contribution in [-0.2, 0) is 14.3 Å². The predicted octanol–water partition coefficient (Wildman–Crippen LogP) is 2.40. The number of esters is 1. The molecule has 0 aromatic heterocycles. The van der Waals surface area contributed by atoms with Gasteiger partial charge in [-0.2, -0.15) is 0 Å². The normalized spacial score (nSPS) is 29.4. The van der Waals surface area contributed by atoms with Crippen LogP contribution in [0.15, 0.2) is 42.5 Å². The summed E-state index contributed by atoms with van der Waals surface area (Å²) < 4.78 is 4.98. The number of rotatable bonds is 3. The zero-order valence-corrected chi connectivity index (χ0v) is 12.3. The molecule has 0 saturated heterocycles. The number of hydrogen-bond acceptors (Lipinski definition) is 3. The molecular weight excluding hydrogens is 266 g/mol. The number of anilines is 1. The minimum Gasteiger partial charge on any atom is -0.468 e. The Bertz CT molecular complexity index is 595. The van der Waals surface area contributed by atoms with Crippen LogP contribution in [0.4, 0.5) is 5.69 Å². The number of benzene rings is 1. The fraction of sp³-hybridized carbons (Fsp3) is 0.412. The average Bonchev–Trinajstić information content (AvgIpc) is 3.15. The third-order valence-corrected chi connectivity index (χ3v) is 4.77. The molecule has 110 valence electrons. The van der Waals surface area contributed by atoms with Gasteiger partial charge < -0.3 is 9.64 Å². The maximum Gasteiger partial charge on any atom is 0.322 e. The summed E-state index contributed by atoms with van der Waals surface area (Å²) in [6.45, 7) is 0. The van der Waals surface area contributed by atoms with Crippen molar-refractivity contribution < 1.29 is 14.3 Å². The number of methoxy groups -OCH3 is 1. The van der Waals surface area contributed by atoms with Crippen molar-refractivity contribution in [2.24, 2.45) is 17.3 Å². The van der Waals surface area contributed by atoms with Gasteiger partial charge in [-0.05, 0) is 30.9 Å². The van der Waals surface area contributed by atoms with E-state index in [1.165, 1.54) is 7.11 Å². The van der Waals surface area contributed by atoms with Gasteiger partial charge in [0.05, 0.1) is 7.11 Å². The average molecular weight is 285 g/mol. The van der Waals surface area contributed by atoms with Crippen LogP contribution in [0.5, 0.6) is 0 Å². The standard InChI is InChI=1S/C17H19NO3/c1-18(14-6-4-3-5-7-14)15(19)17(16(20)21-2)11-12-8-9-13(17)10-12/h3-9,12-13H,10-11H2,1-2H3/t12-,13+,17+/m1/s1. The summed E-state index contributed by atoms with van der Waals surface area (Å²) in [5.74, 6) is -0.319. The molecule has 0 radical (unpaired) electrons. The van der Waals surface area contributed by atoms with Crippen LogP contribution >= 0.6 is 0 Å². The molecule has 4 nitrogen and oxygen atoms in total. The van der Waals surface area contributed by atoms with E-state index in [4.69, 9.17) is 4.74 Å². The largest absolute Gasteiger partial charge is 0.468 e. The molecule has 1 aromatic carbocycles. The van der Waals surface area contributed by atoms with Crippen LogP contribution in [0.3, 0.4) is 0 Å². The second-order valence-corrected chi connectivity index (χ2v) is 5.85. The molecule has 1 aromatic rings. The lowest BCUT2D eigenvalue weighted by molar-refractivity contribution is -0.159. The first-order chi connectivity index (χ1) is 10.1. The number of allylic oxidation sites excluding steroid dienone is 2. The van der Waals surface area contributed by atoms with Gasteiger partial charge in [-0.15, -0.1) is 0 Å². The van der Waals surface area contributed by atoms with E-state index in [-0.39, 0.29) is 11.8 Å². The number of hydrogen-bond donors (Lipinski definition) is 0. The molecule has 4 heteroatoms. The van der Waals surface area contributed by atoms with Crippen molar-refractivity contribution in [3.05, 3.63) is 42.5 Å². The number of amides is 1. The zero-order valence-electron chi connectivity index (χ0n) is 12.3. The van der Waals surface area contributed by atoms with E-state index in [0.29, 0.717) is 12.3 Å². The Kier molecular flexibility index (Phi) is 3.32. The van der Waals surface area contributed by atoms with Gasteiger partial charge in [-0.1, -0.05) is 30.4 Å². The molecule has 0 aliphatic heterocycles. The predicted molar refractivity (Wildman–Crippen MR) is 79.7 cm³/mol. The topological polar surface area (TPSA) is 46.6 Å². The number of fused-ring (bicyclic) bond motifs is 2. The van der Waals surface area contributed by atoms with Crippen LogP contribution in [0, 0.1) is 17.3 Å². The van der Waals surface area contributed by atoms with Gasteiger partial charge in [-0.3, -0.25) is 9.59 Å². The first kappa shape index (κ1) is 13.9. The van der Waals surface area contributed by atoms with Gasteiger partial charge in [0.25, 0.3) is 0 Å². The van der Waals surface area contributed by atoms with E-state index in [1.54, 1.807) is 11.9 Å². The number of para-hydroxylation sites is 1. The van der Waals surface area contributed by atoms with E-state index in [0.717, 1.165) is 12.1 Å². The molecule has 0 heterocycles. The number of ether oxygens (including phenoxy) is 1. The maximum atomic E-state index is 13.0. The van der Waals surface area contributed by atoms with Crippen molar-refractivity contribution in [1.29, 1.82) is 0 Å². The molecule has 2 aliphatic rings. The molecule has 21 heavy (non-hydrogen) atoms. The molecule has 0 spiro atoms. The quantitative estimate of drug-likeness (QED) is 0.487. The van der Waals surface area contributed by atoms with Gasteiger partial charge in [0.2, 0.25) is 5.91 Å². The van der Waals surface area contributed by atoms with Gasteiger partial charge in [0.15, 0.2) is 5.41 Å². The molecule has 2 bridgehead atoms. The monoisotopic (exact) mass is 285 g/mol. The number of carbonyl (C=O) groups excluding carboxylic acids is 2. The summed E-state index contributed by atoms with van der Waals surface area (Å²) in [6.07, 6.45) is 5.53. The molecule has 3 rings (SSSR count). The lowest BCUT2D eigenvalue weighted by atomic mass is 9.74. The highest BCUT2D eigenvalue weighted by Crippen LogP contribution is 2.53. The molecule has 1 saturated carbocycles. The Balaban J connectivity index is 1.97. The van der Waals surface area contributed by atoms with Crippen molar-refractivity contribution in [3.8, 4) is 0 Å². The Morgan fingerprint density at radius 2 is 1.95 bits per heavy atom. The summed E-state index contributed by atoms with van der Waals surface area (Å²) in [7, 11) is 3.08. The summed E-state index contributed by atoms with van der Waals surface area (Å²) in [5, 5.41) is 0. The fourth-order valence-corrected chi connectivity index (χ4v) is 3.67. The van der Waals surface area contributed by atoms with Gasteiger partial charge in [-0.25, -0.2) is 0 Å². The summed E-state index contributed by atoms with van der Waals surface area (Å²) >= 11 is 0. The highest BCUT2D eigenvalue weighted by Gasteiger charge is 2.60. The van der Waals surface area contributed by atoms with Crippen LogP contribution < -0.4 is 4.90 Å². The van der Waals surface area contributed by atoms with Gasteiger partial charge in [0.1, 0.15) is 0 Å². The van der Waals surface area contributed by atoms with E-state index in [9.17, 15) is 9.59 Å². The summed E-state index contributed by atoms with van der Waals surface area (Å²) in [6, 6.07) is 9.39. The first-order valence-corrected chi connectivity index (χ1v) is 7.19. The minimum atomic E-state index is -1.06. The highest BCUT2D eigenvalue weighted by molar-refractivity contribution is 6.10. The number of carbonyl (C=O) groups is 2. The number of nitrogens with zero attached hydrogens (tertiary/aromatic N) is 1. The second-order valence-electron chi connectivity index (χ2n) is 5.85. The minimum absolute atomic E-state index is 0.0476. The van der Waals surface area contributed by atoms with Crippen molar-refractivity contribution in [2.75, 3.05) is 19.1 Å². The van der Waals surface area contributed by atoms with Crippen molar-refractivity contribution in [1.82, 2.24) is 0 Å². The first-order valence-electron chi connectivity index (χ1n) is 7.19. The SMILES string of the molecule is COC(=O)[C@@]1(C(=O)N(C)c2ccccc2)C[C@@H]2C=C[C@H]1C2. The van der Waals surface area contributed by atoms with Crippen LogP contribution in [-0.4, -0.2) is 26.0 Å². The van der Waals surface area contributed by atoms with Crippen LogP contribution in [0.2, 0.25) is 0 Å². The molecule has 0 unspecified atom stereocenters. The van der Waals surface area contributed by atoms with Gasteiger partial charge in [0, 0.05) is 18.7 Å².